The third kappa shape index (κ3) is 2.98. The maximum absolute atomic E-state index is 6.06. The lowest BCUT2D eigenvalue weighted by Gasteiger charge is -2.30. The first-order valence-electron chi connectivity index (χ1n) is 8.99. The molecule has 0 spiro atoms. The van der Waals surface area contributed by atoms with Crippen molar-refractivity contribution in [3.8, 4) is 0 Å². The van der Waals surface area contributed by atoms with Gasteiger partial charge in [-0.2, -0.15) is 5.10 Å². The van der Waals surface area contributed by atoms with Crippen LogP contribution in [0.3, 0.4) is 0 Å². The number of hydrogen-bond acceptors (Lipinski definition) is 4. The van der Waals surface area contributed by atoms with Gasteiger partial charge in [-0.1, -0.05) is 27.7 Å². The van der Waals surface area contributed by atoms with Crippen LogP contribution in [-0.4, -0.2) is 20.2 Å². The van der Waals surface area contributed by atoms with Crippen molar-refractivity contribution >= 4 is 22.0 Å². The molecular weight excluding hydrogens is 324 g/mol. The molecule has 134 valence electrons. The van der Waals surface area contributed by atoms with Gasteiger partial charge in [-0.05, 0) is 42.0 Å². The minimum absolute atomic E-state index is 0.0172. The van der Waals surface area contributed by atoms with Crippen LogP contribution in [0.2, 0.25) is 0 Å². The molecule has 0 unspecified atom stereocenters. The lowest BCUT2D eigenvalue weighted by atomic mass is 9.75. The summed E-state index contributed by atoms with van der Waals surface area (Å²) in [7, 11) is 0. The molecule has 4 rings (SSSR count). The molecule has 4 aromatic rings. The highest BCUT2D eigenvalue weighted by molar-refractivity contribution is 5.77. The minimum Gasteiger partial charge on any atom is -0.459 e. The van der Waals surface area contributed by atoms with Crippen molar-refractivity contribution < 1.29 is 4.42 Å². The highest BCUT2D eigenvalue weighted by Crippen LogP contribution is 2.38. The molecule has 0 aliphatic carbocycles. The Kier molecular flexibility index (Phi) is 3.83. The fourth-order valence-corrected chi connectivity index (χ4v) is 3.32. The summed E-state index contributed by atoms with van der Waals surface area (Å²) < 4.78 is 6.06. The predicted molar refractivity (Wildman–Crippen MR) is 103 cm³/mol. The summed E-state index contributed by atoms with van der Waals surface area (Å²) >= 11 is 0. The van der Waals surface area contributed by atoms with Crippen LogP contribution in [0.15, 0.2) is 47.4 Å². The molecule has 5 nitrogen and oxygen atoms in total. The predicted octanol–water partition coefficient (Wildman–Crippen LogP) is 5.13. The highest BCUT2D eigenvalue weighted by Gasteiger charge is 2.30. The van der Waals surface area contributed by atoms with Crippen molar-refractivity contribution in [2.45, 2.75) is 51.4 Å². The van der Waals surface area contributed by atoms with E-state index in [4.69, 9.17) is 4.42 Å². The molecule has 4 aromatic heterocycles. The first-order valence-corrected chi connectivity index (χ1v) is 8.99. The Morgan fingerprint density at radius 3 is 2.58 bits per heavy atom. The van der Waals surface area contributed by atoms with Crippen LogP contribution in [0.5, 0.6) is 0 Å². The fraction of sp³-hybridized carbons (Fsp3) is 0.381. The Hall–Kier alpha value is -2.69. The molecule has 0 radical (unpaired) electrons. The molecule has 0 atom stereocenters. The number of pyridine rings is 2. The van der Waals surface area contributed by atoms with Crippen LogP contribution in [0.1, 0.15) is 51.9 Å². The molecule has 0 aliphatic rings. The second kappa shape index (κ2) is 5.94. The van der Waals surface area contributed by atoms with E-state index in [1.807, 2.05) is 18.5 Å². The summed E-state index contributed by atoms with van der Waals surface area (Å²) in [5, 5.41) is 9.14. The Balaban J connectivity index is 1.55. The van der Waals surface area contributed by atoms with Crippen LogP contribution in [0.25, 0.3) is 22.0 Å². The van der Waals surface area contributed by atoms with Gasteiger partial charge in [0.2, 0.25) is 0 Å². The topological polar surface area (TPSA) is 67.6 Å². The molecule has 0 aliphatic heterocycles. The van der Waals surface area contributed by atoms with E-state index in [9.17, 15) is 0 Å². The van der Waals surface area contributed by atoms with E-state index in [-0.39, 0.29) is 10.8 Å². The zero-order valence-electron chi connectivity index (χ0n) is 15.7. The van der Waals surface area contributed by atoms with E-state index < -0.39 is 0 Å². The summed E-state index contributed by atoms with van der Waals surface area (Å²) in [4.78, 5) is 8.64. The van der Waals surface area contributed by atoms with Crippen LogP contribution in [0, 0.1) is 0 Å². The fourth-order valence-electron chi connectivity index (χ4n) is 3.32. The average Bonchev–Trinajstić information content (AvgIpc) is 3.26. The molecular formula is C21H24N4O. The Bertz CT molecular complexity index is 1010. The van der Waals surface area contributed by atoms with E-state index in [1.54, 1.807) is 12.4 Å². The Labute approximate surface area is 152 Å². The van der Waals surface area contributed by atoms with Gasteiger partial charge >= 0.3 is 0 Å². The molecule has 26 heavy (non-hydrogen) atoms. The number of furan rings is 1. The maximum atomic E-state index is 6.06. The van der Waals surface area contributed by atoms with E-state index in [1.165, 1.54) is 5.56 Å². The van der Waals surface area contributed by atoms with Crippen molar-refractivity contribution in [1.29, 1.82) is 0 Å². The van der Waals surface area contributed by atoms with Gasteiger partial charge in [0.05, 0.1) is 12.4 Å². The van der Waals surface area contributed by atoms with Crippen LogP contribution < -0.4 is 0 Å². The molecule has 0 aromatic carbocycles. The van der Waals surface area contributed by atoms with Crippen LogP contribution in [-0.2, 0) is 10.8 Å². The summed E-state index contributed by atoms with van der Waals surface area (Å²) in [6, 6.07) is 6.32. The molecule has 0 bridgehead atoms. The van der Waals surface area contributed by atoms with Gasteiger partial charge in [-0.3, -0.25) is 10.1 Å². The Morgan fingerprint density at radius 2 is 1.77 bits per heavy atom. The third-order valence-corrected chi connectivity index (χ3v) is 5.44. The van der Waals surface area contributed by atoms with Crippen LogP contribution in [0.4, 0.5) is 0 Å². The molecule has 1 N–H and O–H groups in total. The van der Waals surface area contributed by atoms with Gasteiger partial charge in [0, 0.05) is 28.6 Å². The third-order valence-electron chi connectivity index (χ3n) is 5.44. The molecule has 5 heteroatoms. The number of nitrogens with zero attached hydrogens (tertiary/aromatic N) is 3. The maximum Gasteiger partial charge on any atom is 0.155 e. The number of hydrogen-bond donors (Lipinski definition) is 1. The van der Waals surface area contributed by atoms with Gasteiger partial charge < -0.3 is 4.42 Å². The van der Waals surface area contributed by atoms with Gasteiger partial charge in [-0.25, -0.2) is 4.98 Å². The second-order valence-corrected chi connectivity index (χ2v) is 8.32. The van der Waals surface area contributed by atoms with E-state index in [0.29, 0.717) is 0 Å². The first-order chi connectivity index (χ1) is 12.4. The highest BCUT2D eigenvalue weighted by atomic mass is 16.3. The molecule has 0 saturated heterocycles. The summed E-state index contributed by atoms with van der Waals surface area (Å²) in [5.41, 5.74) is 2.88. The average molecular weight is 348 g/mol. The van der Waals surface area contributed by atoms with E-state index >= 15 is 0 Å². The van der Waals surface area contributed by atoms with Crippen molar-refractivity contribution in [2.75, 3.05) is 0 Å². The second-order valence-electron chi connectivity index (χ2n) is 8.32. The number of aromatic nitrogens is 4. The SMILES string of the molecule is CC(C)(CCC(C)(C)c1cc2ccncc2o1)c1cnc2[nH]ncc2c1. The van der Waals surface area contributed by atoms with E-state index in [2.05, 4.69) is 60.0 Å². The summed E-state index contributed by atoms with van der Waals surface area (Å²) in [6.07, 6.45) is 9.41. The summed E-state index contributed by atoms with van der Waals surface area (Å²) in [6.45, 7) is 9.03. The quantitative estimate of drug-likeness (QED) is 0.542. The minimum atomic E-state index is -0.0521. The first kappa shape index (κ1) is 16.8. The van der Waals surface area contributed by atoms with Crippen LogP contribution >= 0.6 is 0 Å². The van der Waals surface area contributed by atoms with Gasteiger partial charge in [0.15, 0.2) is 11.2 Å². The number of H-pyrrole nitrogens is 1. The van der Waals surface area contributed by atoms with Crippen molar-refractivity contribution in [1.82, 2.24) is 20.2 Å². The van der Waals surface area contributed by atoms with E-state index in [0.717, 1.165) is 40.6 Å². The number of nitrogens with one attached hydrogen (secondary N) is 1. The van der Waals surface area contributed by atoms with Crippen molar-refractivity contribution in [3.05, 3.63) is 54.3 Å². The van der Waals surface area contributed by atoms with Crippen molar-refractivity contribution in [3.63, 3.8) is 0 Å². The normalized spacial score (nSPS) is 12.9. The Morgan fingerprint density at radius 1 is 0.962 bits per heavy atom. The van der Waals surface area contributed by atoms with Crippen molar-refractivity contribution in [2.24, 2.45) is 0 Å². The monoisotopic (exact) mass is 348 g/mol. The summed E-state index contributed by atoms with van der Waals surface area (Å²) in [5.74, 6) is 1.01. The van der Waals surface area contributed by atoms with Gasteiger partial charge in [0.1, 0.15) is 5.76 Å². The molecule has 0 amide bonds. The largest absolute Gasteiger partial charge is 0.459 e. The lowest BCUT2D eigenvalue weighted by molar-refractivity contribution is 0.329. The standard InChI is InChI=1S/C21H24N4O/c1-20(2,16-9-15-11-24-25-19(15)23-12-16)6-7-21(3,4)18-10-14-5-8-22-13-17(14)26-18/h5,8-13H,6-7H2,1-4H3,(H,23,24,25). The molecule has 0 saturated carbocycles. The zero-order chi connectivity index (χ0) is 18.4. The molecule has 0 fully saturated rings. The number of fused-ring (bicyclic) bond motifs is 2. The van der Waals surface area contributed by atoms with Gasteiger partial charge in [-0.15, -0.1) is 0 Å². The van der Waals surface area contributed by atoms with Gasteiger partial charge in [0.25, 0.3) is 0 Å². The zero-order valence-corrected chi connectivity index (χ0v) is 15.7. The smallest absolute Gasteiger partial charge is 0.155 e. The number of rotatable bonds is 5. The lowest BCUT2D eigenvalue weighted by Crippen LogP contribution is -2.24. The molecule has 4 heterocycles. The number of aromatic amines is 1.